The van der Waals surface area contributed by atoms with Gasteiger partial charge in [-0.25, -0.2) is 0 Å². The van der Waals surface area contributed by atoms with Gasteiger partial charge in [-0.3, -0.25) is 9.78 Å². The summed E-state index contributed by atoms with van der Waals surface area (Å²) in [7, 11) is 0. The highest BCUT2D eigenvalue weighted by atomic mass is 16.5. The second kappa shape index (κ2) is 11.7. The van der Waals surface area contributed by atoms with E-state index in [1.807, 2.05) is 23.1 Å². The van der Waals surface area contributed by atoms with E-state index in [0.29, 0.717) is 13.2 Å². The summed E-state index contributed by atoms with van der Waals surface area (Å²) in [5, 5.41) is 1.05. The average Bonchev–Trinajstić information content (AvgIpc) is 2.69. The van der Waals surface area contributed by atoms with Crippen LogP contribution in [0.3, 0.4) is 0 Å². The molecule has 1 heterocycles. The molecule has 4 heteroatoms. The molecule has 0 saturated heterocycles. The lowest BCUT2D eigenvalue weighted by Crippen LogP contribution is -2.30. The van der Waals surface area contributed by atoms with Gasteiger partial charge >= 0.3 is 0 Å². The molecular weight excluding hydrogens is 348 g/mol. The number of para-hydroxylation sites is 1. The number of amides is 1. The second-order valence-corrected chi connectivity index (χ2v) is 7.59. The van der Waals surface area contributed by atoms with Crippen LogP contribution in [0.25, 0.3) is 10.9 Å². The first kappa shape index (κ1) is 22.2. The van der Waals surface area contributed by atoms with E-state index in [0.717, 1.165) is 53.7 Å². The number of aromatic nitrogens is 1. The SMILES string of the molecule is CCCCCCCN(Cc1nc2ccccc2c(OCCCC)c1C)C(C)=O. The van der Waals surface area contributed by atoms with E-state index in [9.17, 15) is 4.79 Å². The van der Waals surface area contributed by atoms with Crippen molar-refractivity contribution in [2.45, 2.75) is 79.2 Å². The summed E-state index contributed by atoms with van der Waals surface area (Å²) in [4.78, 5) is 19.0. The molecule has 0 atom stereocenters. The zero-order valence-electron chi connectivity index (χ0n) is 18.1. The molecule has 0 fully saturated rings. The standard InChI is InChI=1S/C24H36N2O2/c1-5-7-9-10-13-16-26(20(4)27)18-23-19(3)24(28-17-8-6-2)21-14-11-12-15-22(21)25-23/h11-12,14-15H,5-10,13,16-18H2,1-4H3. The maximum atomic E-state index is 12.2. The predicted octanol–water partition coefficient (Wildman–Crippen LogP) is 6.04. The molecule has 28 heavy (non-hydrogen) atoms. The highest BCUT2D eigenvalue weighted by Gasteiger charge is 2.17. The molecule has 4 nitrogen and oxygen atoms in total. The van der Waals surface area contributed by atoms with E-state index in [1.165, 1.54) is 25.7 Å². The second-order valence-electron chi connectivity index (χ2n) is 7.59. The lowest BCUT2D eigenvalue weighted by molar-refractivity contribution is -0.129. The van der Waals surface area contributed by atoms with E-state index < -0.39 is 0 Å². The molecule has 2 rings (SSSR count). The molecule has 0 aliphatic rings. The summed E-state index contributed by atoms with van der Waals surface area (Å²) in [6.45, 7) is 10.1. The molecule has 0 N–H and O–H groups in total. The molecule has 1 aromatic carbocycles. The van der Waals surface area contributed by atoms with Crippen molar-refractivity contribution < 1.29 is 9.53 Å². The van der Waals surface area contributed by atoms with Gasteiger partial charge in [0.25, 0.3) is 0 Å². The number of hydrogen-bond donors (Lipinski definition) is 0. The molecule has 1 amide bonds. The summed E-state index contributed by atoms with van der Waals surface area (Å²) in [5.41, 5.74) is 2.92. The average molecular weight is 385 g/mol. The van der Waals surface area contributed by atoms with Gasteiger partial charge in [0.1, 0.15) is 5.75 Å². The van der Waals surface area contributed by atoms with Crippen molar-refractivity contribution >= 4 is 16.8 Å². The highest BCUT2D eigenvalue weighted by Crippen LogP contribution is 2.31. The fourth-order valence-corrected chi connectivity index (χ4v) is 3.42. The van der Waals surface area contributed by atoms with Crippen molar-refractivity contribution in [2.24, 2.45) is 0 Å². The van der Waals surface area contributed by atoms with E-state index in [2.05, 4.69) is 26.8 Å². The fraction of sp³-hybridized carbons (Fsp3) is 0.583. The summed E-state index contributed by atoms with van der Waals surface area (Å²) >= 11 is 0. The number of unbranched alkanes of at least 4 members (excludes halogenated alkanes) is 5. The van der Waals surface area contributed by atoms with Crippen LogP contribution in [-0.2, 0) is 11.3 Å². The van der Waals surface area contributed by atoms with E-state index in [4.69, 9.17) is 9.72 Å². The van der Waals surface area contributed by atoms with Gasteiger partial charge in [-0.1, -0.05) is 58.1 Å². The fourth-order valence-electron chi connectivity index (χ4n) is 3.42. The van der Waals surface area contributed by atoms with Gasteiger partial charge in [0.2, 0.25) is 5.91 Å². The van der Waals surface area contributed by atoms with E-state index in [-0.39, 0.29) is 5.91 Å². The first-order valence-electron chi connectivity index (χ1n) is 10.8. The topological polar surface area (TPSA) is 42.4 Å². The molecule has 0 unspecified atom stereocenters. The third-order valence-electron chi connectivity index (χ3n) is 5.24. The molecule has 0 spiro atoms. The van der Waals surface area contributed by atoms with E-state index in [1.54, 1.807) is 6.92 Å². The Morgan fingerprint density at radius 2 is 1.75 bits per heavy atom. The number of rotatable bonds is 12. The highest BCUT2D eigenvalue weighted by molar-refractivity contribution is 5.86. The van der Waals surface area contributed by atoms with Crippen molar-refractivity contribution in [1.82, 2.24) is 9.88 Å². The third-order valence-corrected chi connectivity index (χ3v) is 5.24. The lowest BCUT2D eigenvalue weighted by Gasteiger charge is -2.23. The molecular formula is C24H36N2O2. The van der Waals surface area contributed by atoms with Gasteiger partial charge in [-0.15, -0.1) is 0 Å². The van der Waals surface area contributed by atoms with Gasteiger partial charge < -0.3 is 9.64 Å². The van der Waals surface area contributed by atoms with Crippen LogP contribution in [0.2, 0.25) is 0 Å². The third kappa shape index (κ3) is 6.22. The smallest absolute Gasteiger partial charge is 0.219 e. The first-order valence-corrected chi connectivity index (χ1v) is 10.8. The molecule has 0 bridgehead atoms. The van der Waals surface area contributed by atoms with Gasteiger partial charge in [-0.05, 0) is 31.9 Å². The number of pyridine rings is 1. The Kier molecular flexibility index (Phi) is 9.26. The number of carbonyl (C=O) groups is 1. The Bertz CT molecular complexity index is 758. The Balaban J connectivity index is 2.21. The molecule has 0 radical (unpaired) electrons. The van der Waals surface area contributed by atoms with Crippen LogP contribution in [0.1, 0.15) is 77.0 Å². The Labute approximate surface area is 170 Å². The van der Waals surface area contributed by atoms with Gasteiger partial charge in [0.05, 0.1) is 24.4 Å². The van der Waals surface area contributed by atoms with Crippen LogP contribution >= 0.6 is 0 Å². The zero-order valence-corrected chi connectivity index (χ0v) is 18.1. The minimum absolute atomic E-state index is 0.110. The number of hydrogen-bond acceptors (Lipinski definition) is 3. The van der Waals surface area contributed by atoms with Gasteiger partial charge in [0, 0.05) is 24.4 Å². The van der Waals surface area contributed by atoms with E-state index >= 15 is 0 Å². The first-order chi connectivity index (χ1) is 13.6. The van der Waals surface area contributed by atoms with Crippen LogP contribution in [0.4, 0.5) is 0 Å². The Morgan fingerprint density at radius 3 is 2.46 bits per heavy atom. The van der Waals surface area contributed by atoms with Crippen molar-refractivity contribution in [2.75, 3.05) is 13.2 Å². The molecule has 2 aromatic rings. The van der Waals surface area contributed by atoms with Crippen LogP contribution in [0.5, 0.6) is 5.75 Å². The van der Waals surface area contributed by atoms with Crippen molar-refractivity contribution in [1.29, 1.82) is 0 Å². The monoisotopic (exact) mass is 384 g/mol. The van der Waals surface area contributed by atoms with Gasteiger partial charge in [0.15, 0.2) is 0 Å². The summed E-state index contributed by atoms with van der Waals surface area (Å²) in [6.07, 6.45) is 8.10. The van der Waals surface area contributed by atoms with Crippen LogP contribution < -0.4 is 4.74 Å². The van der Waals surface area contributed by atoms with Crippen LogP contribution in [-0.4, -0.2) is 28.9 Å². The minimum Gasteiger partial charge on any atom is -0.493 e. The zero-order chi connectivity index (χ0) is 20.4. The summed E-state index contributed by atoms with van der Waals surface area (Å²) in [6, 6.07) is 8.11. The lowest BCUT2D eigenvalue weighted by atomic mass is 10.1. The van der Waals surface area contributed by atoms with Crippen molar-refractivity contribution in [3.8, 4) is 5.75 Å². The minimum atomic E-state index is 0.110. The summed E-state index contributed by atoms with van der Waals surface area (Å²) in [5.74, 6) is 1.03. The quantitative estimate of drug-likeness (QED) is 0.419. The largest absolute Gasteiger partial charge is 0.493 e. The van der Waals surface area contributed by atoms with Crippen LogP contribution in [0, 0.1) is 6.92 Å². The maximum Gasteiger partial charge on any atom is 0.219 e. The van der Waals surface area contributed by atoms with Crippen molar-refractivity contribution in [3.63, 3.8) is 0 Å². The number of nitrogens with zero attached hydrogens (tertiary/aromatic N) is 2. The molecule has 1 aromatic heterocycles. The molecule has 0 aliphatic carbocycles. The number of fused-ring (bicyclic) bond motifs is 1. The molecule has 0 aliphatic heterocycles. The van der Waals surface area contributed by atoms with Gasteiger partial charge in [-0.2, -0.15) is 0 Å². The maximum absolute atomic E-state index is 12.2. The molecule has 154 valence electrons. The van der Waals surface area contributed by atoms with Crippen LogP contribution in [0.15, 0.2) is 24.3 Å². The number of benzene rings is 1. The Morgan fingerprint density at radius 1 is 1.04 bits per heavy atom. The normalized spacial score (nSPS) is 11.0. The number of carbonyl (C=O) groups excluding carboxylic acids is 1. The van der Waals surface area contributed by atoms with Crippen molar-refractivity contribution in [3.05, 3.63) is 35.5 Å². The molecule has 0 saturated carbocycles. The Hall–Kier alpha value is -2.10. The number of ether oxygens (including phenoxy) is 1. The summed E-state index contributed by atoms with van der Waals surface area (Å²) < 4.78 is 6.16. The predicted molar refractivity (Wildman–Crippen MR) is 117 cm³/mol.